The number of nitrogens with zero attached hydrogens (tertiary/aromatic N) is 1. The molecule has 0 spiro atoms. The first kappa shape index (κ1) is 19.7. The highest BCUT2D eigenvalue weighted by molar-refractivity contribution is 5.95. The molecule has 3 aromatic rings. The Morgan fingerprint density at radius 3 is 2.03 bits per heavy atom. The third-order valence-electron chi connectivity index (χ3n) is 5.16. The van der Waals surface area contributed by atoms with E-state index in [0.29, 0.717) is 22.4 Å². The summed E-state index contributed by atoms with van der Waals surface area (Å²) in [4.78, 5) is 27.1. The van der Waals surface area contributed by atoms with Crippen LogP contribution in [0, 0.1) is 0 Å². The molecule has 1 aliphatic heterocycles. The molecule has 1 N–H and O–H groups in total. The van der Waals surface area contributed by atoms with Crippen LogP contribution < -0.4 is 4.74 Å². The van der Waals surface area contributed by atoms with E-state index in [4.69, 9.17) is 9.47 Å². The Balaban J connectivity index is 1.83. The van der Waals surface area contributed by atoms with Crippen molar-refractivity contribution in [3.63, 3.8) is 0 Å². The molecule has 0 aromatic heterocycles. The molecule has 1 heterocycles. The number of hydrogen-bond acceptors (Lipinski definition) is 4. The van der Waals surface area contributed by atoms with E-state index >= 15 is 0 Å². The first-order valence-electron chi connectivity index (χ1n) is 9.55. The van der Waals surface area contributed by atoms with Gasteiger partial charge in [0.25, 0.3) is 5.91 Å². The maximum Gasteiger partial charge on any atom is 0.335 e. The fourth-order valence-corrected chi connectivity index (χ4v) is 3.72. The summed E-state index contributed by atoms with van der Waals surface area (Å²) in [6, 6.07) is 24.2. The highest BCUT2D eigenvalue weighted by Gasteiger charge is 2.49. The largest absolute Gasteiger partial charge is 0.497 e. The zero-order valence-electron chi connectivity index (χ0n) is 16.3. The summed E-state index contributed by atoms with van der Waals surface area (Å²) >= 11 is 0. The van der Waals surface area contributed by atoms with Gasteiger partial charge in [-0.25, -0.2) is 4.79 Å². The highest BCUT2D eigenvalue weighted by atomic mass is 16.6. The van der Waals surface area contributed by atoms with E-state index in [-0.39, 0.29) is 5.91 Å². The number of aliphatic carboxylic acids is 1. The number of carboxylic acid groups (broad SMARTS) is 1. The predicted octanol–water partition coefficient (Wildman–Crippen LogP) is 4.06. The van der Waals surface area contributed by atoms with Gasteiger partial charge in [-0.3, -0.25) is 9.69 Å². The molecule has 6 nitrogen and oxygen atoms in total. The lowest BCUT2D eigenvalue weighted by atomic mass is 9.99. The zero-order valence-corrected chi connectivity index (χ0v) is 16.3. The normalized spacial score (nSPS) is 20.7. The molecule has 1 saturated heterocycles. The van der Waals surface area contributed by atoms with E-state index in [2.05, 4.69) is 0 Å². The number of methoxy groups -OCH3 is 1. The average Bonchev–Trinajstić information content (AvgIpc) is 3.21. The smallest absolute Gasteiger partial charge is 0.335 e. The molecule has 1 fully saturated rings. The first-order valence-corrected chi connectivity index (χ1v) is 9.55. The van der Waals surface area contributed by atoms with Crippen LogP contribution in [0.5, 0.6) is 5.75 Å². The molecular weight excluding hydrogens is 382 g/mol. The lowest BCUT2D eigenvalue weighted by Crippen LogP contribution is -2.36. The van der Waals surface area contributed by atoms with Crippen LogP contribution in [0.25, 0.3) is 0 Å². The molecule has 0 radical (unpaired) electrons. The predicted molar refractivity (Wildman–Crippen MR) is 110 cm³/mol. The quantitative estimate of drug-likeness (QED) is 0.695. The first-order chi connectivity index (χ1) is 14.6. The Bertz CT molecular complexity index is 1020. The second kappa shape index (κ2) is 8.39. The van der Waals surface area contributed by atoms with Crippen LogP contribution in [-0.4, -0.2) is 35.1 Å². The van der Waals surface area contributed by atoms with Gasteiger partial charge in [-0.1, -0.05) is 60.7 Å². The molecule has 0 saturated carbocycles. The lowest BCUT2D eigenvalue weighted by molar-refractivity contribution is -0.150. The lowest BCUT2D eigenvalue weighted by Gasteiger charge is -2.29. The highest BCUT2D eigenvalue weighted by Crippen LogP contribution is 2.44. The van der Waals surface area contributed by atoms with Crippen LogP contribution in [0.15, 0.2) is 84.9 Å². The summed E-state index contributed by atoms with van der Waals surface area (Å²) in [5.74, 6) is -0.758. The number of benzene rings is 3. The van der Waals surface area contributed by atoms with Crippen molar-refractivity contribution in [3.05, 3.63) is 102 Å². The molecule has 0 aliphatic carbocycles. The van der Waals surface area contributed by atoms with Gasteiger partial charge in [-0.05, 0) is 29.8 Å². The number of carbonyl (C=O) groups is 2. The van der Waals surface area contributed by atoms with Crippen molar-refractivity contribution in [2.45, 2.75) is 18.4 Å². The summed E-state index contributed by atoms with van der Waals surface area (Å²) in [7, 11) is 1.57. The van der Waals surface area contributed by atoms with Gasteiger partial charge in [0.1, 0.15) is 5.75 Å². The van der Waals surface area contributed by atoms with E-state index in [0.717, 1.165) is 0 Å². The van der Waals surface area contributed by atoms with Gasteiger partial charge in [0.15, 0.2) is 12.3 Å². The second-order valence-electron chi connectivity index (χ2n) is 6.95. The van der Waals surface area contributed by atoms with Crippen LogP contribution in [0.3, 0.4) is 0 Å². The van der Waals surface area contributed by atoms with E-state index in [1.165, 1.54) is 4.90 Å². The summed E-state index contributed by atoms with van der Waals surface area (Å²) < 4.78 is 11.2. The summed E-state index contributed by atoms with van der Waals surface area (Å²) in [6.07, 6.45) is -2.05. The molecular formula is C24H21NO5. The maximum atomic E-state index is 13.5. The Morgan fingerprint density at radius 1 is 0.867 bits per heavy atom. The zero-order chi connectivity index (χ0) is 21.1. The van der Waals surface area contributed by atoms with Gasteiger partial charge in [0, 0.05) is 11.1 Å². The monoisotopic (exact) mass is 403 g/mol. The topological polar surface area (TPSA) is 76.1 Å². The molecule has 0 bridgehead atoms. The Kier molecular flexibility index (Phi) is 5.50. The van der Waals surface area contributed by atoms with Crippen molar-refractivity contribution in [1.29, 1.82) is 0 Å². The Hall–Kier alpha value is -3.64. The molecule has 4 rings (SSSR count). The van der Waals surface area contributed by atoms with E-state index in [1.807, 2.05) is 36.4 Å². The van der Waals surface area contributed by atoms with Gasteiger partial charge in [-0.15, -0.1) is 0 Å². The number of carbonyl (C=O) groups excluding carboxylic acids is 1. The molecule has 6 heteroatoms. The van der Waals surface area contributed by atoms with Crippen LogP contribution >= 0.6 is 0 Å². The Morgan fingerprint density at radius 2 is 1.47 bits per heavy atom. The van der Waals surface area contributed by atoms with Crippen molar-refractivity contribution >= 4 is 11.9 Å². The fourth-order valence-electron chi connectivity index (χ4n) is 3.72. The number of rotatable bonds is 5. The SMILES string of the molecule is COc1ccc(C2O[C@@H](C(=O)O)C(c3ccccc3)N2C(=O)c2ccccc2)cc1. The van der Waals surface area contributed by atoms with Crippen molar-refractivity contribution in [3.8, 4) is 5.75 Å². The van der Waals surface area contributed by atoms with Crippen LogP contribution in [0.4, 0.5) is 0 Å². The van der Waals surface area contributed by atoms with E-state index < -0.39 is 24.3 Å². The molecule has 3 atom stereocenters. The van der Waals surface area contributed by atoms with Crippen LogP contribution in [-0.2, 0) is 9.53 Å². The summed E-state index contributed by atoms with van der Waals surface area (Å²) in [5.41, 5.74) is 1.83. The number of carboxylic acids is 1. The Labute approximate surface area is 174 Å². The number of amides is 1. The molecule has 1 amide bonds. The standard InChI is InChI=1S/C24H21NO5/c1-29-19-14-12-18(13-15-19)23-25(22(26)17-10-6-3-7-11-17)20(21(30-23)24(27)28)16-8-4-2-5-9-16/h2-15,20-21,23H,1H3,(H,27,28)/t20?,21-,23?/m1/s1. The van der Waals surface area contributed by atoms with Gasteiger partial charge in [0.2, 0.25) is 0 Å². The third kappa shape index (κ3) is 3.65. The minimum atomic E-state index is -1.20. The number of ether oxygens (including phenoxy) is 2. The van der Waals surface area contributed by atoms with E-state index in [9.17, 15) is 14.7 Å². The maximum absolute atomic E-state index is 13.5. The molecule has 1 aliphatic rings. The second-order valence-corrected chi connectivity index (χ2v) is 6.95. The van der Waals surface area contributed by atoms with Gasteiger partial charge in [-0.2, -0.15) is 0 Å². The van der Waals surface area contributed by atoms with Gasteiger partial charge in [0.05, 0.1) is 13.2 Å². The van der Waals surface area contributed by atoms with Crippen molar-refractivity contribution in [2.75, 3.05) is 7.11 Å². The van der Waals surface area contributed by atoms with Crippen molar-refractivity contribution < 1.29 is 24.2 Å². The van der Waals surface area contributed by atoms with Crippen molar-refractivity contribution in [2.24, 2.45) is 0 Å². The summed E-state index contributed by atoms with van der Waals surface area (Å²) in [5, 5.41) is 9.88. The minimum absolute atomic E-state index is 0.297. The van der Waals surface area contributed by atoms with Crippen LogP contribution in [0.2, 0.25) is 0 Å². The fraction of sp³-hybridized carbons (Fsp3) is 0.167. The minimum Gasteiger partial charge on any atom is -0.497 e. The van der Waals surface area contributed by atoms with Gasteiger partial charge >= 0.3 is 5.97 Å². The summed E-state index contributed by atoms with van der Waals surface area (Å²) in [6.45, 7) is 0. The molecule has 2 unspecified atom stereocenters. The molecule has 30 heavy (non-hydrogen) atoms. The molecule has 3 aromatic carbocycles. The third-order valence-corrected chi connectivity index (χ3v) is 5.16. The average molecular weight is 403 g/mol. The van der Waals surface area contributed by atoms with E-state index in [1.54, 1.807) is 55.6 Å². The van der Waals surface area contributed by atoms with Gasteiger partial charge < -0.3 is 14.6 Å². The molecule has 152 valence electrons. The van der Waals surface area contributed by atoms with Crippen molar-refractivity contribution in [1.82, 2.24) is 4.90 Å². The number of hydrogen-bond donors (Lipinski definition) is 1. The van der Waals surface area contributed by atoms with Crippen LogP contribution in [0.1, 0.15) is 33.8 Å².